The molecule has 1 aromatic heterocycles. The average Bonchev–Trinajstić information content (AvgIpc) is 3.13. The number of amides is 2. The van der Waals surface area contributed by atoms with Gasteiger partial charge in [-0.25, -0.2) is 4.98 Å². The summed E-state index contributed by atoms with van der Waals surface area (Å²) in [6.07, 6.45) is 5.08. The van der Waals surface area contributed by atoms with Crippen molar-refractivity contribution >= 4 is 41.0 Å². The first-order valence-corrected chi connectivity index (χ1v) is 10.6. The van der Waals surface area contributed by atoms with Gasteiger partial charge in [0, 0.05) is 16.5 Å². The maximum atomic E-state index is 12.4. The Labute approximate surface area is 171 Å². The molecule has 5 nitrogen and oxygen atoms in total. The van der Waals surface area contributed by atoms with Crippen molar-refractivity contribution in [3.8, 4) is 10.6 Å². The summed E-state index contributed by atoms with van der Waals surface area (Å²) in [7, 11) is 0. The summed E-state index contributed by atoms with van der Waals surface area (Å²) in [5.41, 5.74) is 7.32. The fraction of sp³-hybridized carbons (Fsp3) is 0.0952. The van der Waals surface area contributed by atoms with E-state index >= 15 is 0 Å². The summed E-state index contributed by atoms with van der Waals surface area (Å²) in [4.78, 5) is 30.4. The van der Waals surface area contributed by atoms with Crippen molar-refractivity contribution in [3.05, 3.63) is 76.8 Å². The van der Waals surface area contributed by atoms with Gasteiger partial charge in [0.05, 0.1) is 5.69 Å². The SMILES string of the molecule is CSc1ccc(/C=C/C(=O)NNC(=O)c2sc(-c3ccccc3)nc2C)cc1. The van der Waals surface area contributed by atoms with Gasteiger partial charge in [0.15, 0.2) is 0 Å². The molecule has 0 aliphatic heterocycles. The van der Waals surface area contributed by atoms with Gasteiger partial charge >= 0.3 is 0 Å². The summed E-state index contributed by atoms with van der Waals surface area (Å²) in [5, 5.41) is 0.767. The second-order valence-electron chi connectivity index (χ2n) is 5.85. The van der Waals surface area contributed by atoms with Crippen LogP contribution in [0, 0.1) is 6.92 Å². The molecule has 0 bridgehead atoms. The second kappa shape index (κ2) is 9.34. The lowest BCUT2D eigenvalue weighted by atomic mass is 10.2. The monoisotopic (exact) mass is 409 g/mol. The van der Waals surface area contributed by atoms with Gasteiger partial charge in [0.1, 0.15) is 9.88 Å². The van der Waals surface area contributed by atoms with E-state index in [1.165, 1.54) is 17.4 Å². The number of benzene rings is 2. The largest absolute Gasteiger partial charge is 0.281 e. The summed E-state index contributed by atoms with van der Waals surface area (Å²) >= 11 is 2.95. The molecule has 1 heterocycles. The van der Waals surface area contributed by atoms with Crippen LogP contribution in [-0.4, -0.2) is 23.1 Å². The van der Waals surface area contributed by atoms with Crippen LogP contribution < -0.4 is 10.9 Å². The molecule has 2 aromatic carbocycles. The second-order valence-corrected chi connectivity index (χ2v) is 7.73. The van der Waals surface area contributed by atoms with Gasteiger partial charge < -0.3 is 0 Å². The fourth-order valence-corrected chi connectivity index (χ4v) is 3.79. The number of aromatic nitrogens is 1. The fourth-order valence-electron chi connectivity index (χ4n) is 2.42. The van der Waals surface area contributed by atoms with Gasteiger partial charge in [-0.05, 0) is 37.0 Å². The predicted molar refractivity (Wildman–Crippen MR) is 115 cm³/mol. The van der Waals surface area contributed by atoms with Crippen molar-refractivity contribution in [2.24, 2.45) is 0 Å². The van der Waals surface area contributed by atoms with Crippen molar-refractivity contribution in [2.75, 3.05) is 6.26 Å². The molecule has 142 valence electrons. The summed E-state index contributed by atoms with van der Waals surface area (Å²) in [5.74, 6) is -0.795. The Hall–Kier alpha value is -2.90. The number of hydrogen-bond acceptors (Lipinski definition) is 5. The van der Waals surface area contributed by atoms with Crippen LogP contribution in [0.2, 0.25) is 0 Å². The van der Waals surface area contributed by atoms with Crippen LogP contribution in [0.3, 0.4) is 0 Å². The highest BCUT2D eigenvalue weighted by Crippen LogP contribution is 2.27. The number of aryl methyl sites for hydroxylation is 1. The lowest BCUT2D eigenvalue weighted by Crippen LogP contribution is -2.40. The van der Waals surface area contributed by atoms with Crippen LogP contribution in [0.15, 0.2) is 65.6 Å². The molecule has 0 spiro atoms. The van der Waals surface area contributed by atoms with Gasteiger partial charge in [0.25, 0.3) is 11.8 Å². The van der Waals surface area contributed by atoms with E-state index in [1.54, 1.807) is 24.8 Å². The number of nitrogens with zero attached hydrogens (tertiary/aromatic N) is 1. The van der Waals surface area contributed by atoms with Crippen LogP contribution in [0.25, 0.3) is 16.6 Å². The molecule has 7 heteroatoms. The lowest BCUT2D eigenvalue weighted by molar-refractivity contribution is -0.117. The Kier molecular flexibility index (Phi) is 6.62. The molecule has 3 rings (SSSR count). The molecule has 0 atom stereocenters. The minimum atomic E-state index is -0.409. The molecule has 0 saturated heterocycles. The molecule has 0 radical (unpaired) electrons. The number of rotatable bonds is 5. The molecule has 0 fully saturated rings. The quantitative estimate of drug-likeness (QED) is 0.374. The van der Waals surface area contributed by atoms with E-state index in [0.29, 0.717) is 10.6 Å². The predicted octanol–water partition coefficient (Wildman–Crippen LogP) is 4.31. The topological polar surface area (TPSA) is 71.1 Å². The summed E-state index contributed by atoms with van der Waals surface area (Å²) in [6, 6.07) is 17.5. The van der Waals surface area contributed by atoms with Crippen molar-refractivity contribution in [1.29, 1.82) is 0 Å². The highest BCUT2D eigenvalue weighted by molar-refractivity contribution is 7.98. The third-order valence-corrected chi connectivity index (χ3v) is 5.81. The van der Waals surface area contributed by atoms with E-state index in [4.69, 9.17) is 0 Å². The number of nitrogens with one attached hydrogen (secondary N) is 2. The smallest absolute Gasteiger partial charge is 0.268 e. The highest BCUT2D eigenvalue weighted by atomic mass is 32.2. The zero-order valence-electron chi connectivity index (χ0n) is 15.4. The number of hydrazine groups is 1. The maximum Gasteiger partial charge on any atom is 0.281 e. The first kappa shape index (κ1) is 19.9. The van der Waals surface area contributed by atoms with E-state index < -0.39 is 5.91 Å². The van der Waals surface area contributed by atoms with E-state index in [9.17, 15) is 9.59 Å². The lowest BCUT2D eigenvalue weighted by Gasteiger charge is -2.04. The molecule has 2 amide bonds. The Balaban J connectivity index is 1.58. The third-order valence-electron chi connectivity index (χ3n) is 3.87. The van der Waals surface area contributed by atoms with Crippen LogP contribution in [-0.2, 0) is 4.79 Å². The van der Waals surface area contributed by atoms with Crippen molar-refractivity contribution in [1.82, 2.24) is 15.8 Å². The standard InChI is InChI=1S/C21H19N3O2S2/c1-14-19(28-21(22-14)16-6-4-3-5-7-16)20(26)24-23-18(25)13-10-15-8-11-17(27-2)12-9-15/h3-13H,1-2H3,(H,23,25)(H,24,26)/b13-10+. The number of carbonyl (C=O) groups is 2. The average molecular weight is 410 g/mol. The molecule has 0 saturated carbocycles. The van der Waals surface area contributed by atoms with Crippen LogP contribution in [0.5, 0.6) is 0 Å². The normalized spacial score (nSPS) is 10.8. The van der Waals surface area contributed by atoms with Crippen LogP contribution >= 0.6 is 23.1 Å². The van der Waals surface area contributed by atoms with E-state index in [1.807, 2.05) is 60.9 Å². The van der Waals surface area contributed by atoms with Crippen molar-refractivity contribution in [2.45, 2.75) is 11.8 Å². The molecule has 3 aromatic rings. The van der Waals surface area contributed by atoms with Crippen molar-refractivity contribution in [3.63, 3.8) is 0 Å². The van der Waals surface area contributed by atoms with E-state index in [0.717, 1.165) is 21.0 Å². The Morgan fingerprint density at radius 3 is 2.43 bits per heavy atom. The molecule has 0 unspecified atom stereocenters. The Morgan fingerprint density at radius 1 is 1.04 bits per heavy atom. The van der Waals surface area contributed by atoms with E-state index in [-0.39, 0.29) is 5.91 Å². The van der Waals surface area contributed by atoms with Gasteiger partial charge in [-0.15, -0.1) is 23.1 Å². The molecular weight excluding hydrogens is 390 g/mol. The molecular formula is C21H19N3O2S2. The van der Waals surface area contributed by atoms with Crippen LogP contribution in [0.4, 0.5) is 0 Å². The summed E-state index contributed by atoms with van der Waals surface area (Å²) in [6.45, 7) is 1.78. The first-order valence-electron chi connectivity index (χ1n) is 8.52. The van der Waals surface area contributed by atoms with Crippen LogP contribution in [0.1, 0.15) is 20.9 Å². The van der Waals surface area contributed by atoms with Gasteiger partial charge in [-0.2, -0.15) is 0 Å². The molecule has 28 heavy (non-hydrogen) atoms. The summed E-state index contributed by atoms with van der Waals surface area (Å²) < 4.78 is 0. The number of thiazole rings is 1. The highest BCUT2D eigenvalue weighted by Gasteiger charge is 2.16. The maximum absolute atomic E-state index is 12.4. The van der Waals surface area contributed by atoms with Crippen molar-refractivity contribution < 1.29 is 9.59 Å². The van der Waals surface area contributed by atoms with E-state index in [2.05, 4.69) is 15.8 Å². The third kappa shape index (κ3) is 5.09. The first-order chi connectivity index (χ1) is 13.6. The minimum absolute atomic E-state index is 0.386. The molecule has 2 N–H and O–H groups in total. The molecule has 0 aliphatic rings. The number of hydrogen-bond donors (Lipinski definition) is 2. The number of thioether (sulfide) groups is 1. The molecule has 0 aliphatic carbocycles. The van der Waals surface area contributed by atoms with Gasteiger partial charge in [0.2, 0.25) is 0 Å². The minimum Gasteiger partial charge on any atom is -0.268 e. The zero-order valence-corrected chi connectivity index (χ0v) is 17.1. The Morgan fingerprint density at radius 2 is 1.75 bits per heavy atom. The van der Waals surface area contributed by atoms with Gasteiger partial charge in [-0.3, -0.25) is 20.4 Å². The van der Waals surface area contributed by atoms with Gasteiger partial charge in [-0.1, -0.05) is 42.5 Å². The zero-order chi connectivity index (χ0) is 19.9. The Bertz CT molecular complexity index is 996. The number of carbonyl (C=O) groups excluding carboxylic acids is 2.